The van der Waals surface area contributed by atoms with Gasteiger partial charge in [-0.15, -0.1) is 0 Å². The van der Waals surface area contributed by atoms with Crippen LogP contribution in [0, 0.1) is 6.92 Å². The number of rotatable bonds is 3. The van der Waals surface area contributed by atoms with Crippen molar-refractivity contribution in [2.24, 2.45) is 0 Å². The van der Waals surface area contributed by atoms with Crippen LogP contribution in [-0.4, -0.2) is 30.7 Å². The van der Waals surface area contributed by atoms with Crippen LogP contribution in [0.5, 0.6) is 5.75 Å². The van der Waals surface area contributed by atoms with Gasteiger partial charge in [-0.2, -0.15) is 0 Å². The first-order chi connectivity index (χ1) is 8.66. The summed E-state index contributed by atoms with van der Waals surface area (Å²) in [6, 6.07) is 5.46. The fourth-order valence-electron chi connectivity index (χ4n) is 1.73. The fraction of sp³-hybridized carbons (Fsp3) is 0.462. The minimum atomic E-state index is -0.174. The zero-order chi connectivity index (χ0) is 13.0. The normalized spacial score (nSPS) is 15.6. The van der Waals surface area contributed by atoms with Crippen molar-refractivity contribution in [1.82, 2.24) is 5.06 Å². The van der Waals surface area contributed by atoms with Crippen LogP contribution < -0.4 is 4.74 Å². The Bertz CT molecular complexity index is 430. The van der Waals surface area contributed by atoms with Crippen LogP contribution in [0.1, 0.15) is 18.4 Å². The van der Waals surface area contributed by atoms with Crippen molar-refractivity contribution in [3.05, 3.63) is 28.8 Å². The zero-order valence-electron chi connectivity index (χ0n) is 10.3. The van der Waals surface area contributed by atoms with Crippen LogP contribution in [-0.2, 0) is 9.63 Å². The molecule has 0 atom stereocenters. The quantitative estimate of drug-likeness (QED) is 0.847. The van der Waals surface area contributed by atoms with Crippen LogP contribution in [0.3, 0.4) is 0 Å². The van der Waals surface area contributed by atoms with E-state index in [9.17, 15) is 4.79 Å². The highest BCUT2D eigenvalue weighted by atomic mass is 35.5. The molecular weight excluding hydrogens is 254 g/mol. The monoisotopic (exact) mass is 269 g/mol. The molecule has 4 nitrogen and oxygen atoms in total. The summed E-state index contributed by atoms with van der Waals surface area (Å²) in [5, 5.41) is 1.88. The number of aryl methyl sites for hydroxylation is 1. The maximum absolute atomic E-state index is 11.8. The first kappa shape index (κ1) is 13.2. The van der Waals surface area contributed by atoms with Gasteiger partial charge in [0.1, 0.15) is 5.75 Å². The lowest BCUT2D eigenvalue weighted by molar-refractivity contribution is -0.198. The van der Waals surface area contributed by atoms with Crippen LogP contribution in [0.2, 0.25) is 5.02 Å². The maximum Gasteiger partial charge on any atom is 0.283 e. The van der Waals surface area contributed by atoms with E-state index in [2.05, 4.69) is 0 Å². The number of hydrogen-bond donors (Lipinski definition) is 0. The van der Waals surface area contributed by atoms with Crippen molar-refractivity contribution in [2.75, 3.05) is 19.8 Å². The lowest BCUT2D eigenvalue weighted by Gasteiger charge is -2.25. The molecule has 0 aliphatic carbocycles. The maximum atomic E-state index is 11.8. The predicted molar refractivity (Wildman–Crippen MR) is 68.6 cm³/mol. The SMILES string of the molecule is Cc1ccc(Cl)c(OCC(=O)N2CCCCO2)c1. The summed E-state index contributed by atoms with van der Waals surface area (Å²) in [6.07, 6.45) is 1.96. The third kappa shape index (κ3) is 3.37. The number of carbonyl (C=O) groups is 1. The number of carbonyl (C=O) groups excluding carboxylic acids is 1. The molecular formula is C13H16ClNO3. The van der Waals surface area contributed by atoms with Gasteiger partial charge in [-0.3, -0.25) is 9.63 Å². The van der Waals surface area contributed by atoms with Crippen LogP contribution >= 0.6 is 11.6 Å². The van der Waals surface area contributed by atoms with Crippen molar-refractivity contribution in [1.29, 1.82) is 0 Å². The zero-order valence-corrected chi connectivity index (χ0v) is 11.1. The number of halogens is 1. The van der Waals surface area contributed by atoms with Gasteiger partial charge in [0, 0.05) is 6.54 Å². The van der Waals surface area contributed by atoms with Crippen molar-refractivity contribution in [2.45, 2.75) is 19.8 Å². The highest BCUT2D eigenvalue weighted by Gasteiger charge is 2.18. The predicted octanol–water partition coefficient (Wildman–Crippen LogP) is 2.58. The summed E-state index contributed by atoms with van der Waals surface area (Å²) >= 11 is 5.98. The van der Waals surface area contributed by atoms with Crippen molar-refractivity contribution >= 4 is 17.5 Å². The summed E-state index contributed by atoms with van der Waals surface area (Å²) in [5.41, 5.74) is 1.04. The second-order valence-corrected chi connectivity index (χ2v) is 4.67. The molecule has 0 N–H and O–H groups in total. The Morgan fingerprint density at radius 1 is 1.50 bits per heavy atom. The molecule has 0 unspecified atom stereocenters. The van der Waals surface area contributed by atoms with Gasteiger partial charge in [-0.05, 0) is 37.5 Å². The van der Waals surface area contributed by atoms with Gasteiger partial charge >= 0.3 is 0 Å². The van der Waals surface area contributed by atoms with Gasteiger partial charge < -0.3 is 4.74 Å². The third-order valence-electron chi connectivity index (χ3n) is 2.72. The topological polar surface area (TPSA) is 38.8 Å². The Kier molecular flexibility index (Phi) is 4.44. The summed E-state index contributed by atoms with van der Waals surface area (Å²) < 4.78 is 5.43. The second-order valence-electron chi connectivity index (χ2n) is 4.26. The molecule has 0 aromatic heterocycles. The highest BCUT2D eigenvalue weighted by Crippen LogP contribution is 2.25. The van der Waals surface area contributed by atoms with Gasteiger partial charge in [0.2, 0.25) is 0 Å². The van der Waals surface area contributed by atoms with Gasteiger partial charge in [0.25, 0.3) is 5.91 Å². The van der Waals surface area contributed by atoms with Gasteiger partial charge in [-0.1, -0.05) is 17.7 Å². The van der Waals surface area contributed by atoms with Crippen molar-refractivity contribution in [3.8, 4) is 5.75 Å². The Hall–Kier alpha value is -1.26. The number of ether oxygens (including phenoxy) is 1. The van der Waals surface area contributed by atoms with E-state index in [0.29, 0.717) is 23.9 Å². The Morgan fingerprint density at radius 3 is 3.06 bits per heavy atom. The van der Waals surface area contributed by atoms with Gasteiger partial charge in [0.15, 0.2) is 6.61 Å². The lowest BCUT2D eigenvalue weighted by Crippen LogP contribution is -2.38. The largest absolute Gasteiger partial charge is 0.482 e. The van der Waals surface area contributed by atoms with E-state index < -0.39 is 0 Å². The molecule has 98 valence electrons. The molecule has 1 aliphatic heterocycles. The number of nitrogens with zero attached hydrogens (tertiary/aromatic N) is 1. The molecule has 1 aliphatic rings. The number of amides is 1. The summed E-state index contributed by atoms with van der Waals surface area (Å²) in [4.78, 5) is 17.1. The third-order valence-corrected chi connectivity index (χ3v) is 3.03. The molecule has 0 spiro atoms. The fourth-order valence-corrected chi connectivity index (χ4v) is 1.90. The van der Waals surface area contributed by atoms with E-state index in [-0.39, 0.29) is 12.5 Å². The van der Waals surface area contributed by atoms with E-state index in [4.69, 9.17) is 21.2 Å². The van der Waals surface area contributed by atoms with E-state index in [1.165, 1.54) is 5.06 Å². The molecule has 2 rings (SSSR count). The first-order valence-electron chi connectivity index (χ1n) is 5.99. The minimum absolute atomic E-state index is 0.0524. The molecule has 1 heterocycles. The lowest BCUT2D eigenvalue weighted by atomic mass is 10.2. The summed E-state index contributed by atoms with van der Waals surface area (Å²) in [7, 11) is 0. The first-order valence-corrected chi connectivity index (χ1v) is 6.37. The molecule has 5 heteroatoms. The van der Waals surface area contributed by atoms with Gasteiger partial charge in [-0.25, -0.2) is 5.06 Å². The molecule has 1 fully saturated rings. The molecule has 0 saturated carbocycles. The molecule has 18 heavy (non-hydrogen) atoms. The highest BCUT2D eigenvalue weighted by molar-refractivity contribution is 6.32. The molecule has 0 radical (unpaired) electrons. The standard InChI is InChI=1S/C13H16ClNO3/c1-10-4-5-11(14)12(8-10)17-9-13(16)15-6-2-3-7-18-15/h4-5,8H,2-3,6-7,9H2,1H3. The van der Waals surface area contributed by atoms with Gasteiger partial charge in [0.05, 0.1) is 11.6 Å². The number of hydroxylamine groups is 2. The molecule has 1 aromatic carbocycles. The Morgan fingerprint density at radius 2 is 2.33 bits per heavy atom. The molecule has 0 bridgehead atoms. The van der Waals surface area contributed by atoms with E-state index in [1.54, 1.807) is 6.07 Å². The Labute approximate surface area is 111 Å². The van der Waals surface area contributed by atoms with E-state index in [1.807, 2.05) is 19.1 Å². The van der Waals surface area contributed by atoms with Crippen LogP contribution in [0.4, 0.5) is 0 Å². The average molecular weight is 270 g/mol. The Balaban J connectivity index is 1.90. The van der Waals surface area contributed by atoms with Crippen LogP contribution in [0.25, 0.3) is 0 Å². The summed E-state index contributed by atoms with van der Waals surface area (Å²) in [5.74, 6) is 0.356. The van der Waals surface area contributed by atoms with E-state index >= 15 is 0 Å². The number of benzene rings is 1. The second kappa shape index (κ2) is 6.07. The van der Waals surface area contributed by atoms with Crippen molar-refractivity contribution in [3.63, 3.8) is 0 Å². The van der Waals surface area contributed by atoms with Crippen LogP contribution in [0.15, 0.2) is 18.2 Å². The number of hydrogen-bond acceptors (Lipinski definition) is 3. The smallest absolute Gasteiger partial charge is 0.283 e. The minimum Gasteiger partial charge on any atom is -0.482 e. The summed E-state index contributed by atoms with van der Waals surface area (Å²) in [6.45, 7) is 3.11. The van der Waals surface area contributed by atoms with Crippen molar-refractivity contribution < 1.29 is 14.4 Å². The molecule has 1 aromatic rings. The average Bonchev–Trinajstić information content (AvgIpc) is 2.40. The molecule has 1 amide bonds. The van der Waals surface area contributed by atoms with E-state index in [0.717, 1.165) is 18.4 Å². The molecule has 1 saturated heterocycles.